The maximum Gasteiger partial charge on any atom is 0.111 e. The van der Waals surface area contributed by atoms with E-state index < -0.39 is 0 Å². The summed E-state index contributed by atoms with van der Waals surface area (Å²) in [6.45, 7) is 8.89. The van der Waals surface area contributed by atoms with E-state index in [0.717, 1.165) is 11.1 Å². The zero-order valence-electron chi connectivity index (χ0n) is 8.82. The number of hydrogen-bond donors (Lipinski definition) is 0. The Kier molecular flexibility index (Phi) is 5.26. The van der Waals surface area contributed by atoms with Crippen LogP contribution in [0.4, 0.5) is 0 Å². The standard InChI is InChI=1S/C13H16O2/c1-3-12-5-7-13(8-6-12)11-15-10-9-14-4-2/h3-8H,1-2,9-11H2. The highest BCUT2D eigenvalue weighted by Gasteiger charge is 1.93. The molecule has 0 aliphatic carbocycles. The van der Waals surface area contributed by atoms with Crippen molar-refractivity contribution in [1.82, 2.24) is 0 Å². The first-order valence-corrected chi connectivity index (χ1v) is 4.88. The van der Waals surface area contributed by atoms with Crippen LogP contribution in [0.2, 0.25) is 0 Å². The summed E-state index contributed by atoms with van der Waals surface area (Å²) in [4.78, 5) is 0. The lowest BCUT2D eigenvalue weighted by Gasteiger charge is -2.04. The number of rotatable bonds is 7. The van der Waals surface area contributed by atoms with Crippen LogP contribution in [0.1, 0.15) is 11.1 Å². The first-order chi connectivity index (χ1) is 7.36. The zero-order chi connectivity index (χ0) is 10.9. The molecule has 15 heavy (non-hydrogen) atoms. The highest BCUT2D eigenvalue weighted by atomic mass is 16.5. The molecule has 1 rings (SSSR count). The van der Waals surface area contributed by atoms with Crippen LogP contribution in [0.15, 0.2) is 43.7 Å². The third-order valence-corrected chi connectivity index (χ3v) is 1.95. The van der Waals surface area contributed by atoms with Crippen molar-refractivity contribution in [2.45, 2.75) is 6.61 Å². The van der Waals surface area contributed by atoms with Gasteiger partial charge in [-0.15, -0.1) is 0 Å². The molecule has 2 heteroatoms. The van der Waals surface area contributed by atoms with Crippen LogP contribution in [0.25, 0.3) is 6.08 Å². The van der Waals surface area contributed by atoms with Gasteiger partial charge in [0.15, 0.2) is 0 Å². The lowest BCUT2D eigenvalue weighted by atomic mass is 10.1. The topological polar surface area (TPSA) is 18.5 Å². The first kappa shape index (κ1) is 11.5. The Morgan fingerprint density at radius 1 is 1.07 bits per heavy atom. The molecular formula is C13H16O2. The van der Waals surface area contributed by atoms with Gasteiger partial charge in [-0.1, -0.05) is 43.5 Å². The van der Waals surface area contributed by atoms with Crippen molar-refractivity contribution in [1.29, 1.82) is 0 Å². The normalized spacial score (nSPS) is 9.60. The molecule has 0 saturated carbocycles. The molecule has 0 atom stereocenters. The zero-order valence-corrected chi connectivity index (χ0v) is 8.82. The molecule has 0 amide bonds. The largest absolute Gasteiger partial charge is 0.499 e. The summed E-state index contributed by atoms with van der Waals surface area (Å²) in [5, 5.41) is 0. The van der Waals surface area contributed by atoms with Crippen LogP contribution in [0, 0.1) is 0 Å². The average Bonchev–Trinajstić information content (AvgIpc) is 2.30. The molecule has 0 heterocycles. The van der Waals surface area contributed by atoms with Crippen LogP contribution in [0.5, 0.6) is 0 Å². The van der Waals surface area contributed by atoms with Crippen LogP contribution in [-0.4, -0.2) is 13.2 Å². The second-order valence-electron chi connectivity index (χ2n) is 3.04. The van der Waals surface area contributed by atoms with Gasteiger partial charge in [-0.2, -0.15) is 0 Å². The van der Waals surface area contributed by atoms with Crippen molar-refractivity contribution in [2.24, 2.45) is 0 Å². The minimum atomic E-state index is 0.550. The van der Waals surface area contributed by atoms with E-state index in [0.29, 0.717) is 19.8 Å². The fraction of sp³-hybridized carbons (Fsp3) is 0.231. The van der Waals surface area contributed by atoms with Crippen molar-refractivity contribution >= 4 is 6.08 Å². The third kappa shape index (κ3) is 4.47. The van der Waals surface area contributed by atoms with Crippen molar-refractivity contribution in [3.8, 4) is 0 Å². The molecule has 0 radical (unpaired) electrons. The van der Waals surface area contributed by atoms with Crippen LogP contribution in [-0.2, 0) is 16.1 Å². The highest BCUT2D eigenvalue weighted by molar-refractivity contribution is 5.47. The molecule has 0 aliphatic rings. The monoisotopic (exact) mass is 204 g/mol. The molecule has 1 aromatic carbocycles. The van der Waals surface area contributed by atoms with E-state index >= 15 is 0 Å². The summed E-state index contributed by atoms with van der Waals surface area (Å²) >= 11 is 0. The fourth-order valence-electron chi connectivity index (χ4n) is 1.13. The minimum absolute atomic E-state index is 0.550. The van der Waals surface area contributed by atoms with Crippen molar-refractivity contribution in [3.63, 3.8) is 0 Å². The van der Waals surface area contributed by atoms with E-state index in [-0.39, 0.29) is 0 Å². The minimum Gasteiger partial charge on any atom is -0.499 e. The second-order valence-corrected chi connectivity index (χ2v) is 3.04. The molecule has 0 bridgehead atoms. The quantitative estimate of drug-likeness (QED) is 0.502. The van der Waals surface area contributed by atoms with E-state index in [9.17, 15) is 0 Å². The lowest BCUT2D eigenvalue weighted by Crippen LogP contribution is -2.01. The summed E-state index contributed by atoms with van der Waals surface area (Å²) in [7, 11) is 0. The molecular weight excluding hydrogens is 188 g/mol. The molecule has 0 unspecified atom stereocenters. The van der Waals surface area contributed by atoms with Crippen molar-refractivity contribution in [2.75, 3.05) is 13.2 Å². The van der Waals surface area contributed by atoms with E-state index in [1.54, 1.807) is 0 Å². The molecule has 0 saturated heterocycles. The first-order valence-electron chi connectivity index (χ1n) is 4.88. The summed E-state index contributed by atoms with van der Waals surface area (Å²) in [5.41, 5.74) is 2.27. The fourth-order valence-corrected chi connectivity index (χ4v) is 1.13. The summed E-state index contributed by atoms with van der Waals surface area (Å²) in [5.74, 6) is 0. The number of hydrogen-bond acceptors (Lipinski definition) is 2. The highest BCUT2D eigenvalue weighted by Crippen LogP contribution is 2.06. The average molecular weight is 204 g/mol. The van der Waals surface area contributed by atoms with Gasteiger partial charge >= 0.3 is 0 Å². The van der Waals surface area contributed by atoms with E-state index in [1.807, 2.05) is 30.3 Å². The van der Waals surface area contributed by atoms with Gasteiger partial charge in [-0.25, -0.2) is 0 Å². The molecule has 0 N–H and O–H groups in total. The van der Waals surface area contributed by atoms with Gasteiger partial charge in [-0.3, -0.25) is 0 Å². The van der Waals surface area contributed by atoms with Gasteiger partial charge in [0, 0.05) is 0 Å². The molecule has 0 spiro atoms. The van der Waals surface area contributed by atoms with Gasteiger partial charge in [0.2, 0.25) is 0 Å². The van der Waals surface area contributed by atoms with Gasteiger partial charge in [-0.05, 0) is 11.1 Å². The summed E-state index contributed by atoms with van der Waals surface area (Å²) < 4.78 is 10.3. The summed E-state index contributed by atoms with van der Waals surface area (Å²) in [6.07, 6.45) is 3.24. The Morgan fingerprint density at radius 2 is 1.80 bits per heavy atom. The van der Waals surface area contributed by atoms with Crippen molar-refractivity contribution < 1.29 is 9.47 Å². The molecule has 80 valence electrons. The van der Waals surface area contributed by atoms with E-state index in [2.05, 4.69) is 13.2 Å². The lowest BCUT2D eigenvalue weighted by molar-refractivity contribution is 0.0750. The van der Waals surface area contributed by atoms with Gasteiger partial charge in [0.1, 0.15) is 6.61 Å². The number of ether oxygens (including phenoxy) is 2. The Hall–Kier alpha value is -1.54. The van der Waals surface area contributed by atoms with Crippen LogP contribution in [0.3, 0.4) is 0 Å². The Labute approximate surface area is 90.8 Å². The predicted octanol–water partition coefficient (Wildman–Crippen LogP) is 3.01. The summed E-state index contributed by atoms with van der Waals surface area (Å²) in [6, 6.07) is 8.11. The second kappa shape index (κ2) is 6.85. The predicted molar refractivity (Wildman–Crippen MR) is 62.3 cm³/mol. The van der Waals surface area contributed by atoms with Crippen LogP contribution >= 0.6 is 0 Å². The molecule has 0 aliphatic heterocycles. The van der Waals surface area contributed by atoms with E-state index in [1.165, 1.54) is 6.26 Å². The van der Waals surface area contributed by atoms with Gasteiger partial charge in [0.25, 0.3) is 0 Å². The Bertz CT molecular complexity index is 301. The molecule has 2 nitrogen and oxygen atoms in total. The van der Waals surface area contributed by atoms with Crippen LogP contribution < -0.4 is 0 Å². The SMILES string of the molecule is C=COCCOCc1ccc(C=C)cc1. The van der Waals surface area contributed by atoms with Crippen molar-refractivity contribution in [3.05, 3.63) is 54.8 Å². The Morgan fingerprint density at radius 3 is 2.40 bits per heavy atom. The van der Waals surface area contributed by atoms with E-state index in [4.69, 9.17) is 9.47 Å². The smallest absolute Gasteiger partial charge is 0.111 e. The van der Waals surface area contributed by atoms with Gasteiger partial charge in [0.05, 0.1) is 19.5 Å². The molecule has 0 aromatic heterocycles. The maximum absolute atomic E-state index is 5.40. The number of benzene rings is 1. The molecule has 1 aromatic rings. The van der Waals surface area contributed by atoms with Gasteiger partial charge < -0.3 is 9.47 Å². The molecule has 0 fully saturated rings. The third-order valence-electron chi connectivity index (χ3n) is 1.95. The maximum atomic E-state index is 5.40. The Balaban J connectivity index is 2.25.